The van der Waals surface area contributed by atoms with Crippen molar-refractivity contribution in [1.29, 1.82) is 0 Å². The minimum absolute atomic E-state index is 0.302. The third-order valence-corrected chi connectivity index (χ3v) is 2.47. The average molecular weight is 348 g/mol. The Kier molecular flexibility index (Phi) is 4.92. The van der Waals surface area contributed by atoms with Crippen LogP contribution in [0, 0.1) is 0 Å². The second-order valence-electron chi connectivity index (χ2n) is 4.06. The van der Waals surface area contributed by atoms with Gasteiger partial charge >= 0.3 is 30.0 Å². The lowest BCUT2D eigenvalue weighted by atomic mass is 10.1. The van der Waals surface area contributed by atoms with Crippen LogP contribution in [-0.2, 0) is 9.53 Å². The predicted octanol–water partition coefficient (Wildman–Crippen LogP) is 3.21. The van der Waals surface area contributed by atoms with E-state index in [4.69, 9.17) is 0 Å². The first-order valence-electron chi connectivity index (χ1n) is 5.57. The molecule has 0 fully saturated rings. The summed E-state index contributed by atoms with van der Waals surface area (Å²) in [6.07, 6.45) is -6.66. The van der Waals surface area contributed by atoms with Crippen molar-refractivity contribution in [2.24, 2.45) is 0 Å². The molecule has 0 saturated heterocycles. The highest BCUT2D eigenvalue weighted by Crippen LogP contribution is 2.47. The molecule has 1 aromatic rings. The molecular weight excluding hydrogens is 341 g/mol. The summed E-state index contributed by atoms with van der Waals surface area (Å²) in [5.74, 6) is -17.7. The Balaban J connectivity index is 3.06. The minimum atomic E-state index is -6.66. The Morgan fingerprint density at radius 3 is 2.04 bits per heavy atom. The average Bonchev–Trinajstić information content (AvgIpc) is 2.45. The number of hydrogen-bond acceptors (Lipinski definition) is 4. The third kappa shape index (κ3) is 3.54. The molecule has 0 N–H and O–H groups in total. The highest BCUT2D eigenvalue weighted by molar-refractivity contribution is 5.90. The van der Waals surface area contributed by atoms with Crippen LogP contribution in [0.1, 0.15) is 10.4 Å². The zero-order chi connectivity index (χ0) is 18.1. The van der Waals surface area contributed by atoms with E-state index in [1.54, 1.807) is 0 Å². The van der Waals surface area contributed by atoms with Gasteiger partial charge in [0, 0.05) is 0 Å². The van der Waals surface area contributed by atoms with Gasteiger partial charge in [-0.15, -0.1) is 0 Å². The summed E-state index contributed by atoms with van der Waals surface area (Å²) < 4.78 is 95.4. The van der Waals surface area contributed by atoms with Gasteiger partial charge in [-0.1, -0.05) is 6.07 Å². The fraction of sp³-hybridized carbons (Fsp3) is 0.333. The molecule has 0 bridgehead atoms. The van der Waals surface area contributed by atoms with Crippen molar-refractivity contribution in [3.05, 3.63) is 29.8 Å². The number of carbonyl (C=O) groups is 2. The van der Waals surface area contributed by atoms with E-state index in [0.717, 1.165) is 25.3 Å². The van der Waals surface area contributed by atoms with Gasteiger partial charge in [-0.3, -0.25) is 0 Å². The fourth-order valence-corrected chi connectivity index (χ4v) is 1.28. The lowest BCUT2D eigenvalue weighted by Gasteiger charge is -2.26. The van der Waals surface area contributed by atoms with Crippen LogP contribution >= 0.6 is 0 Å². The smallest absolute Gasteiger partial charge is 0.460 e. The minimum Gasteiger partial charge on any atom is -0.465 e. The molecule has 0 aliphatic rings. The Labute approximate surface area is 123 Å². The topological polar surface area (TPSA) is 52.6 Å². The van der Waals surface area contributed by atoms with Crippen molar-refractivity contribution in [1.82, 2.24) is 0 Å². The van der Waals surface area contributed by atoms with Gasteiger partial charge in [0.15, 0.2) is 0 Å². The SMILES string of the molecule is COC(=O)c1cccc(OC(=O)C(F)(F)C(F)(F)C(F)(F)F)c1. The Morgan fingerprint density at radius 2 is 1.57 bits per heavy atom. The molecule has 0 aliphatic carbocycles. The van der Waals surface area contributed by atoms with Gasteiger partial charge < -0.3 is 9.47 Å². The van der Waals surface area contributed by atoms with E-state index in [0.29, 0.717) is 6.07 Å². The zero-order valence-corrected chi connectivity index (χ0v) is 11.1. The van der Waals surface area contributed by atoms with Crippen LogP contribution in [0.15, 0.2) is 24.3 Å². The monoisotopic (exact) mass is 348 g/mol. The molecule has 1 rings (SSSR count). The molecule has 1 aromatic carbocycles. The fourth-order valence-electron chi connectivity index (χ4n) is 1.28. The molecule has 23 heavy (non-hydrogen) atoms. The molecule has 0 heterocycles. The lowest BCUT2D eigenvalue weighted by molar-refractivity contribution is -0.346. The summed E-state index contributed by atoms with van der Waals surface area (Å²) in [4.78, 5) is 22.2. The molecule has 4 nitrogen and oxygen atoms in total. The maximum absolute atomic E-state index is 13.1. The van der Waals surface area contributed by atoms with Crippen LogP contribution in [0.4, 0.5) is 30.7 Å². The molecule has 0 atom stereocenters. The second kappa shape index (κ2) is 6.05. The molecular formula is C12H7F7O4. The van der Waals surface area contributed by atoms with Gasteiger partial charge in [0.2, 0.25) is 0 Å². The quantitative estimate of drug-likeness (QED) is 0.476. The Hall–Kier alpha value is -2.33. The third-order valence-electron chi connectivity index (χ3n) is 2.47. The van der Waals surface area contributed by atoms with Crippen LogP contribution in [0.3, 0.4) is 0 Å². The molecule has 0 spiro atoms. The number of rotatable bonds is 4. The highest BCUT2D eigenvalue weighted by atomic mass is 19.4. The van der Waals surface area contributed by atoms with E-state index in [-0.39, 0.29) is 5.56 Å². The number of ether oxygens (including phenoxy) is 2. The zero-order valence-electron chi connectivity index (χ0n) is 11.1. The van der Waals surface area contributed by atoms with Crippen molar-refractivity contribution in [3.8, 4) is 5.75 Å². The summed E-state index contributed by atoms with van der Waals surface area (Å²) >= 11 is 0. The second-order valence-corrected chi connectivity index (χ2v) is 4.06. The van der Waals surface area contributed by atoms with Crippen LogP contribution in [0.2, 0.25) is 0 Å². The maximum Gasteiger partial charge on any atom is 0.460 e. The van der Waals surface area contributed by atoms with Crippen LogP contribution in [-0.4, -0.2) is 37.1 Å². The molecule has 0 radical (unpaired) electrons. The van der Waals surface area contributed by atoms with Crippen molar-refractivity contribution < 1.29 is 49.8 Å². The van der Waals surface area contributed by atoms with Gasteiger partial charge in [-0.05, 0) is 18.2 Å². The number of benzene rings is 1. The highest BCUT2D eigenvalue weighted by Gasteiger charge is 2.77. The predicted molar refractivity (Wildman–Crippen MR) is 59.4 cm³/mol. The Bertz CT molecular complexity index is 610. The van der Waals surface area contributed by atoms with Gasteiger partial charge in [-0.25, -0.2) is 9.59 Å². The molecule has 0 aliphatic heterocycles. The van der Waals surface area contributed by atoms with Gasteiger partial charge in [-0.2, -0.15) is 30.7 Å². The molecule has 0 amide bonds. The van der Waals surface area contributed by atoms with E-state index < -0.39 is 35.7 Å². The normalized spacial score (nSPS) is 12.7. The number of methoxy groups -OCH3 is 1. The molecule has 0 unspecified atom stereocenters. The number of halogens is 7. The number of carbonyl (C=O) groups excluding carboxylic acids is 2. The van der Waals surface area contributed by atoms with Crippen molar-refractivity contribution in [2.75, 3.05) is 7.11 Å². The van der Waals surface area contributed by atoms with Gasteiger partial charge in [0.1, 0.15) is 5.75 Å². The molecule has 128 valence electrons. The van der Waals surface area contributed by atoms with Crippen LogP contribution < -0.4 is 4.74 Å². The standard InChI is InChI=1S/C12H7F7O4/c1-22-8(20)6-3-2-4-7(5-6)23-9(21)10(13,14)11(15,16)12(17,18)19/h2-5H,1H3. The summed E-state index contributed by atoms with van der Waals surface area (Å²) in [5.41, 5.74) is -0.302. The van der Waals surface area contributed by atoms with Crippen molar-refractivity contribution in [3.63, 3.8) is 0 Å². The number of hydrogen-bond donors (Lipinski definition) is 0. The van der Waals surface area contributed by atoms with Crippen molar-refractivity contribution in [2.45, 2.75) is 18.0 Å². The maximum atomic E-state index is 13.1. The van der Waals surface area contributed by atoms with Crippen molar-refractivity contribution >= 4 is 11.9 Å². The van der Waals surface area contributed by atoms with Crippen LogP contribution in [0.5, 0.6) is 5.75 Å². The largest absolute Gasteiger partial charge is 0.465 e. The number of alkyl halides is 7. The van der Waals surface area contributed by atoms with E-state index in [1.807, 2.05) is 0 Å². The number of esters is 2. The Morgan fingerprint density at radius 1 is 1.00 bits per heavy atom. The summed E-state index contributed by atoms with van der Waals surface area (Å²) in [6.45, 7) is 0. The first kappa shape index (κ1) is 18.7. The van der Waals surface area contributed by atoms with E-state index >= 15 is 0 Å². The summed E-state index contributed by atoms with van der Waals surface area (Å²) in [5, 5.41) is 0. The van der Waals surface area contributed by atoms with Gasteiger partial charge in [0.25, 0.3) is 0 Å². The lowest BCUT2D eigenvalue weighted by Crippen LogP contribution is -2.57. The van der Waals surface area contributed by atoms with Crippen LogP contribution in [0.25, 0.3) is 0 Å². The van der Waals surface area contributed by atoms with E-state index in [9.17, 15) is 40.3 Å². The first-order valence-corrected chi connectivity index (χ1v) is 5.57. The summed E-state index contributed by atoms with van der Waals surface area (Å²) in [6, 6.07) is 3.57. The van der Waals surface area contributed by atoms with E-state index in [2.05, 4.69) is 9.47 Å². The molecule has 0 aromatic heterocycles. The first-order chi connectivity index (χ1) is 10.3. The summed E-state index contributed by atoms with van der Waals surface area (Å²) in [7, 11) is 0.971. The molecule has 0 saturated carbocycles. The van der Waals surface area contributed by atoms with Gasteiger partial charge in [0.05, 0.1) is 12.7 Å². The molecule has 11 heteroatoms. The van der Waals surface area contributed by atoms with E-state index in [1.165, 1.54) is 0 Å².